The molecular formula is C28H36N8O3. The molecule has 0 radical (unpaired) electrons. The van der Waals surface area contributed by atoms with Crippen molar-refractivity contribution in [3.63, 3.8) is 0 Å². The number of aromatic nitrogens is 4. The fourth-order valence-electron chi connectivity index (χ4n) is 4.40. The Hall–Kier alpha value is -4.12. The molecule has 0 saturated carbocycles. The lowest BCUT2D eigenvalue weighted by Gasteiger charge is -2.35. The number of allylic oxidation sites excluding steroid dienone is 1. The molecule has 0 aliphatic carbocycles. The van der Waals surface area contributed by atoms with Crippen LogP contribution in [0.5, 0.6) is 0 Å². The van der Waals surface area contributed by atoms with Crippen LogP contribution in [0.3, 0.4) is 0 Å². The number of anilines is 3. The maximum absolute atomic E-state index is 13.0. The fourth-order valence-corrected chi connectivity index (χ4v) is 4.40. The lowest BCUT2D eigenvalue weighted by molar-refractivity contribution is -0.00570. The van der Waals surface area contributed by atoms with Gasteiger partial charge in [0.15, 0.2) is 5.82 Å². The van der Waals surface area contributed by atoms with Gasteiger partial charge in [-0.2, -0.15) is 0 Å². The van der Waals surface area contributed by atoms with Crippen LogP contribution in [0.2, 0.25) is 0 Å². The van der Waals surface area contributed by atoms with Gasteiger partial charge < -0.3 is 25.0 Å². The highest BCUT2D eigenvalue weighted by molar-refractivity contribution is 6.09. The first-order valence-electron chi connectivity index (χ1n) is 12.9. The smallest absolute Gasteiger partial charge is 0.256 e. The molecule has 11 heteroatoms. The van der Waals surface area contributed by atoms with E-state index in [-0.39, 0.29) is 23.5 Å². The SMILES string of the molecule is CO/C(=C\C(=N)NC(=O)c1ccc(C)c(Nc2ncnc3cnc(N4C[C@@H](C)O[C@@H](C)C4)nc23)c1)C(C)(C)C. The van der Waals surface area contributed by atoms with Crippen LogP contribution in [-0.2, 0) is 9.47 Å². The Kier molecular flexibility index (Phi) is 8.10. The minimum absolute atomic E-state index is 0.0559. The van der Waals surface area contributed by atoms with Crippen molar-refractivity contribution in [2.24, 2.45) is 5.41 Å². The van der Waals surface area contributed by atoms with Gasteiger partial charge in [-0.3, -0.25) is 10.2 Å². The molecule has 4 rings (SSSR count). The van der Waals surface area contributed by atoms with Crippen molar-refractivity contribution in [2.75, 3.05) is 30.4 Å². The number of rotatable bonds is 6. The molecule has 2 atom stereocenters. The Labute approximate surface area is 228 Å². The second-order valence-corrected chi connectivity index (χ2v) is 10.8. The average Bonchev–Trinajstić information content (AvgIpc) is 2.87. The molecule has 11 nitrogen and oxygen atoms in total. The first-order valence-corrected chi connectivity index (χ1v) is 12.9. The van der Waals surface area contributed by atoms with Crippen LogP contribution < -0.4 is 15.5 Å². The second-order valence-electron chi connectivity index (χ2n) is 10.8. The van der Waals surface area contributed by atoms with E-state index in [0.29, 0.717) is 52.9 Å². The largest absolute Gasteiger partial charge is 0.500 e. The lowest BCUT2D eigenvalue weighted by atomic mass is 9.93. The van der Waals surface area contributed by atoms with Crippen molar-refractivity contribution in [2.45, 2.75) is 53.8 Å². The van der Waals surface area contributed by atoms with E-state index in [2.05, 4.69) is 30.5 Å². The van der Waals surface area contributed by atoms with Crippen molar-refractivity contribution in [3.05, 3.63) is 53.7 Å². The summed E-state index contributed by atoms with van der Waals surface area (Å²) in [7, 11) is 1.55. The van der Waals surface area contributed by atoms with Crippen LogP contribution in [-0.4, -0.2) is 64.1 Å². The number of amides is 1. The molecule has 1 aliphatic rings. The summed E-state index contributed by atoms with van der Waals surface area (Å²) in [6.45, 7) is 13.3. The summed E-state index contributed by atoms with van der Waals surface area (Å²) in [6, 6.07) is 5.28. The summed E-state index contributed by atoms with van der Waals surface area (Å²) in [5.41, 5.74) is 2.86. The number of fused-ring (bicyclic) bond motifs is 1. The molecule has 3 N–H and O–H groups in total. The summed E-state index contributed by atoms with van der Waals surface area (Å²) >= 11 is 0. The third-order valence-electron chi connectivity index (χ3n) is 6.30. The van der Waals surface area contributed by atoms with E-state index in [1.165, 1.54) is 12.4 Å². The molecule has 206 valence electrons. The van der Waals surface area contributed by atoms with Gasteiger partial charge in [0.05, 0.1) is 25.5 Å². The quantitative estimate of drug-likeness (QED) is 0.240. The normalized spacial score (nSPS) is 18.1. The van der Waals surface area contributed by atoms with Crippen LogP contribution in [0.4, 0.5) is 17.5 Å². The number of nitrogens with one attached hydrogen (secondary N) is 3. The molecular weight excluding hydrogens is 496 g/mol. The number of hydrogen-bond donors (Lipinski definition) is 3. The maximum atomic E-state index is 13.0. The minimum atomic E-state index is -0.406. The Balaban J connectivity index is 1.58. The van der Waals surface area contributed by atoms with Gasteiger partial charge in [-0.15, -0.1) is 0 Å². The molecule has 1 saturated heterocycles. The van der Waals surface area contributed by atoms with Gasteiger partial charge in [0.2, 0.25) is 5.95 Å². The predicted octanol–water partition coefficient (Wildman–Crippen LogP) is 4.37. The van der Waals surface area contributed by atoms with Gasteiger partial charge in [-0.05, 0) is 38.5 Å². The highest BCUT2D eigenvalue weighted by atomic mass is 16.5. The Morgan fingerprint density at radius 1 is 1.18 bits per heavy atom. The Bertz CT molecular complexity index is 1410. The molecule has 1 aromatic carbocycles. The highest BCUT2D eigenvalue weighted by Gasteiger charge is 2.25. The van der Waals surface area contributed by atoms with E-state index >= 15 is 0 Å². The Morgan fingerprint density at radius 3 is 2.56 bits per heavy atom. The first-order chi connectivity index (χ1) is 18.4. The van der Waals surface area contributed by atoms with Crippen LogP contribution >= 0.6 is 0 Å². The minimum Gasteiger partial charge on any atom is -0.500 e. The number of morpholine rings is 1. The van der Waals surface area contributed by atoms with Crippen molar-refractivity contribution < 1.29 is 14.3 Å². The number of amidine groups is 1. The molecule has 1 fully saturated rings. The summed E-state index contributed by atoms with van der Waals surface area (Å²) in [5, 5.41) is 14.2. The number of carbonyl (C=O) groups is 1. The molecule has 1 aliphatic heterocycles. The summed E-state index contributed by atoms with van der Waals surface area (Å²) in [4.78, 5) is 33.1. The number of ether oxygens (including phenoxy) is 2. The van der Waals surface area contributed by atoms with Crippen molar-refractivity contribution in [3.8, 4) is 0 Å². The van der Waals surface area contributed by atoms with Crippen molar-refractivity contribution in [1.82, 2.24) is 25.3 Å². The summed E-state index contributed by atoms with van der Waals surface area (Å²) < 4.78 is 11.2. The van der Waals surface area contributed by atoms with Crippen LogP contribution in [0.15, 0.2) is 42.6 Å². The number of carbonyl (C=O) groups excluding carboxylic acids is 1. The third kappa shape index (κ3) is 6.66. The van der Waals surface area contributed by atoms with Crippen LogP contribution in [0.1, 0.15) is 50.5 Å². The number of nitrogens with zero attached hydrogens (tertiary/aromatic N) is 5. The zero-order valence-corrected chi connectivity index (χ0v) is 23.5. The number of benzene rings is 1. The van der Waals surface area contributed by atoms with E-state index in [9.17, 15) is 4.79 Å². The van der Waals surface area contributed by atoms with Gasteiger partial charge in [-0.1, -0.05) is 26.8 Å². The summed E-state index contributed by atoms with van der Waals surface area (Å²) in [6.07, 6.45) is 4.80. The molecule has 3 heterocycles. The zero-order chi connectivity index (χ0) is 28.3. The molecule has 3 aromatic rings. The second kappa shape index (κ2) is 11.3. The van der Waals surface area contributed by atoms with Gasteiger partial charge in [0, 0.05) is 35.8 Å². The van der Waals surface area contributed by atoms with E-state index in [1.54, 1.807) is 25.4 Å². The van der Waals surface area contributed by atoms with Crippen molar-refractivity contribution >= 4 is 40.2 Å². The Morgan fingerprint density at radius 2 is 1.90 bits per heavy atom. The van der Waals surface area contributed by atoms with Crippen molar-refractivity contribution in [1.29, 1.82) is 5.41 Å². The average molecular weight is 533 g/mol. The van der Waals surface area contributed by atoms with Crippen LogP contribution in [0.25, 0.3) is 11.0 Å². The topological polar surface area (TPSA) is 138 Å². The standard InChI is InChI=1S/C28H36N8O3/c1-16-8-9-19(26(37)34-23(29)11-22(38-7)28(4,5)6)10-20(16)33-25-24-21(31-15-32-25)12-30-27(35-24)36-13-17(2)39-18(3)14-36/h8-12,15,17-18H,13-14H2,1-7H3,(H2,29,34,37)(H,31,32,33)/b22-11-/t17-,18+. The predicted molar refractivity (Wildman–Crippen MR) is 152 cm³/mol. The fraction of sp³-hybridized carbons (Fsp3) is 0.429. The van der Waals surface area contributed by atoms with Gasteiger partial charge in [-0.25, -0.2) is 19.9 Å². The van der Waals surface area contributed by atoms with E-state index in [0.717, 1.165) is 5.56 Å². The molecule has 0 bridgehead atoms. The number of methoxy groups -OCH3 is 1. The number of hydrogen-bond acceptors (Lipinski definition) is 10. The first kappa shape index (κ1) is 27.9. The number of aryl methyl sites for hydroxylation is 1. The lowest BCUT2D eigenvalue weighted by Crippen LogP contribution is -2.46. The molecule has 2 aromatic heterocycles. The van der Waals surface area contributed by atoms with E-state index in [4.69, 9.17) is 19.9 Å². The molecule has 0 unspecified atom stereocenters. The third-order valence-corrected chi connectivity index (χ3v) is 6.30. The van der Waals surface area contributed by atoms with Gasteiger partial charge >= 0.3 is 0 Å². The monoisotopic (exact) mass is 532 g/mol. The molecule has 39 heavy (non-hydrogen) atoms. The highest BCUT2D eigenvalue weighted by Crippen LogP contribution is 2.27. The van der Waals surface area contributed by atoms with Crippen LogP contribution in [0, 0.1) is 17.7 Å². The van der Waals surface area contributed by atoms with E-state index in [1.807, 2.05) is 47.6 Å². The van der Waals surface area contributed by atoms with E-state index < -0.39 is 5.91 Å². The summed E-state index contributed by atoms with van der Waals surface area (Å²) in [5.74, 6) is 1.22. The molecule has 0 spiro atoms. The maximum Gasteiger partial charge on any atom is 0.256 e. The molecule has 1 amide bonds. The zero-order valence-electron chi connectivity index (χ0n) is 23.5. The van der Waals surface area contributed by atoms with Gasteiger partial charge in [0.25, 0.3) is 5.91 Å². The van der Waals surface area contributed by atoms with Gasteiger partial charge in [0.1, 0.15) is 29.0 Å².